The molecule has 21 heavy (non-hydrogen) atoms. The van der Waals surface area contributed by atoms with E-state index in [1.54, 1.807) is 4.90 Å². The topological polar surface area (TPSA) is 54.6 Å². The van der Waals surface area contributed by atoms with Crippen molar-refractivity contribution in [3.8, 4) is 0 Å². The molecule has 1 aromatic rings. The molecule has 0 aliphatic carbocycles. The fraction of sp³-hybridized carbons (Fsp3) is 0.688. The van der Waals surface area contributed by atoms with Crippen molar-refractivity contribution in [2.75, 3.05) is 19.7 Å². The Balaban J connectivity index is 1.74. The zero-order valence-electron chi connectivity index (χ0n) is 13.4. The van der Waals surface area contributed by atoms with Crippen LogP contribution in [0.1, 0.15) is 45.9 Å². The molecule has 2 atom stereocenters. The third-order valence-corrected chi connectivity index (χ3v) is 3.58. The number of ether oxygens (including phenoxy) is 2. The Morgan fingerprint density at radius 2 is 2.29 bits per heavy atom. The van der Waals surface area contributed by atoms with E-state index in [1.165, 1.54) is 0 Å². The summed E-state index contributed by atoms with van der Waals surface area (Å²) in [5, 5.41) is 0. The summed E-state index contributed by atoms with van der Waals surface area (Å²) < 4.78 is 11.3. The van der Waals surface area contributed by atoms with Crippen LogP contribution in [0.15, 0.2) is 18.3 Å². The van der Waals surface area contributed by atoms with Crippen molar-refractivity contribution in [2.45, 2.75) is 45.8 Å². The molecule has 1 aromatic heterocycles. The fourth-order valence-corrected chi connectivity index (χ4v) is 2.43. The lowest BCUT2D eigenvalue weighted by atomic mass is 10.1. The molecule has 0 spiro atoms. The van der Waals surface area contributed by atoms with Gasteiger partial charge in [-0.05, 0) is 46.2 Å². The Morgan fingerprint density at radius 3 is 2.90 bits per heavy atom. The molecule has 2 heterocycles. The lowest BCUT2D eigenvalue weighted by Gasteiger charge is -2.24. The van der Waals surface area contributed by atoms with Gasteiger partial charge in [0.1, 0.15) is 5.60 Å². The third-order valence-electron chi connectivity index (χ3n) is 3.58. The molecular weight excluding hydrogens is 268 g/mol. The van der Waals surface area contributed by atoms with E-state index < -0.39 is 5.60 Å². The number of aromatic nitrogens is 1. The summed E-state index contributed by atoms with van der Waals surface area (Å²) in [4.78, 5) is 16.9. The number of nitrogens with one attached hydrogen (secondary N) is 1. The lowest BCUT2D eigenvalue weighted by Crippen LogP contribution is -2.35. The first-order valence-corrected chi connectivity index (χ1v) is 7.58. The lowest BCUT2D eigenvalue weighted by molar-refractivity contribution is 0.0229. The number of hydrogen-bond donors (Lipinski definition) is 1. The summed E-state index contributed by atoms with van der Waals surface area (Å²) in [5.41, 5.74) is 0.644. The van der Waals surface area contributed by atoms with Crippen LogP contribution < -0.4 is 0 Å². The highest BCUT2D eigenvalue weighted by Gasteiger charge is 2.30. The molecule has 5 nitrogen and oxygen atoms in total. The number of hydrogen-bond acceptors (Lipinski definition) is 3. The van der Waals surface area contributed by atoms with E-state index >= 15 is 0 Å². The van der Waals surface area contributed by atoms with E-state index in [1.807, 2.05) is 46.0 Å². The van der Waals surface area contributed by atoms with Gasteiger partial charge < -0.3 is 19.4 Å². The molecule has 1 fully saturated rings. The number of aromatic amines is 1. The maximum absolute atomic E-state index is 12.0. The number of rotatable bonds is 4. The first kappa shape index (κ1) is 15.9. The summed E-state index contributed by atoms with van der Waals surface area (Å²) in [7, 11) is 0. The van der Waals surface area contributed by atoms with E-state index in [0.717, 1.165) is 18.7 Å². The van der Waals surface area contributed by atoms with Crippen molar-refractivity contribution in [3.05, 3.63) is 24.0 Å². The molecule has 0 bridgehead atoms. The average molecular weight is 294 g/mol. The Bertz CT molecular complexity index is 451. The standard InChI is InChI=1S/C16H26N2O3/c1-12(14-6-5-8-17-14)20-11-13-7-9-18(10-13)15(19)21-16(2,3)4/h5-6,8,12-13,17H,7,9-11H2,1-4H3/t12-,13+/m1/s1. The summed E-state index contributed by atoms with van der Waals surface area (Å²) in [5.74, 6) is 0.384. The summed E-state index contributed by atoms with van der Waals surface area (Å²) in [6, 6.07) is 3.99. The summed E-state index contributed by atoms with van der Waals surface area (Å²) in [6.45, 7) is 9.83. The Kier molecular flexibility index (Phi) is 4.93. The van der Waals surface area contributed by atoms with Gasteiger partial charge in [-0.1, -0.05) is 0 Å². The SMILES string of the molecule is C[C@@H](OC[C@H]1CCN(C(=O)OC(C)(C)C)C1)c1ccc[nH]1. The van der Waals surface area contributed by atoms with Crippen molar-refractivity contribution < 1.29 is 14.3 Å². The predicted octanol–water partition coefficient (Wildman–Crippen LogP) is 3.35. The van der Waals surface area contributed by atoms with Gasteiger partial charge in [0.15, 0.2) is 0 Å². The highest BCUT2D eigenvalue weighted by atomic mass is 16.6. The van der Waals surface area contributed by atoms with E-state index in [0.29, 0.717) is 19.1 Å². The molecular formula is C16H26N2O3. The van der Waals surface area contributed by atoms with Gasteiger partial charge in [-0.2, -0.15) is 0 Å². The molecule has 1 aliphatic heterocycles. The molecule has 0 radical (unpaired) electrons. The minimum atomic E-state index is -0.437. The van der Waals surface area contributed by atoms with Crippen molar-refractivity contribution in [1.82, 2.24) is 9.88 Å². The number of H-pyrrole nitrogens is 1. The fourth-order valence-electron chi connectivity index (χ4n) is 2.43. The minimum Gasteiger partial charge on any atom is -0.444 e. The van der Waals surface area contributed by atoms with E-state index in [2.05, 4.69) is 4.98 Å². The normalized spacial score (nSPS) is 20.6. The maximum atomic E-state index is 12.0. The van der Waals surface area contributed by atoms with Crippen LogP contribution in [-0.2, 0) is 9.47 Å². The van der Waals surface area contributed by atoms with Crippen LogP contribution in [0.5, 0.6) is 0 Å². The van der Waals surface area contributed by atoms with Crippen molar-refractivity contribution in [2.24, 2.45) is 5.92 Å². The second-order valence-corrected chi connectivity index (χ2v) is 6.68. The number of nitrogens with zero attached hydrogens (tertiary/aromatic N) is 1. The van der Waals surface area contributed by atoms with Crippen LogP contribution >= 0.6 is 0 Å². The third kappa shape index (κ3) is 4.77. The molecule has 2 rings (SSSR count). The van der Waals surface area contributed by atoms with Crippen LogP contribution in [-0.4, -0.2) is 41.3 Å². The largest absolute Gasteiger partial charge is 0.444 e. The Hall–Kier alpha value is -1.49. The van der Waals surface area contributed by atoms with Gasteiger partial charge in [0.25, 0.3) is 0 Å². The Labute approximate surface area is 126 Å². The van der Waals surface area contributed by atoms with Crippen LogP contribution in [0.25, 0.3) is 0 Å². The van der Waals surface area contributed by atoms with E-state index in [9.17, 15) is 4.79 Å². The molecule has 1 aliphatic rings. The summed E-state index contributed by atoms with van der Waals surface area (Å²) in [6.07, 6.45) is 2.70. The number of carbonyl (C=O) groups excluding carboxylic acids is 1. The predicted molar refractivity (Wildman–Crippen MR) is 81.1 cm³/mol. The van der Waals surface area contributed by atoms with Gasteiger partial charge in [-0.15, -0.1) is 0 Å². The molecule has 0 unspecified atom stereocenters. The van der Waals surface area contributed by atoms with Crippen LogP contribution in [0.3, 0.4) is 0 Å². The molecule has 0 saturated carbocycles. The number of likely N-dealkylation sites (tertiary alicyclic amines) is 1. The van der Waals surface area contributed by atoms with Crippen LogP contribution in [0.2, 0.25) is 0 Å². The average Bonchev–Trinajstić information content (AvgIpc) is 3.05. The molecule has 5 heteroatoms. The first-order valence-electron chi connectivity index (χ1n) is 7.58. The van der Waals surface area contributed by atoms with Gasteiger partial charge in [0.2, 0.25) is 0 Å². The Morgan fingerprint density at radius 1 is 1.52 bits per heavy atom. The smallest absolute Gasteiger partial charge is 0.410 e. The van der Waals surface area contributed by atoms with Gasteiger partial charge >= 0.3 is 6.09 Å². The maximum Gasteiger partial charge on any atom is 0.410 e. The van der Waals surface area contributed by atoms with Gasteiger partial charge in [0.05, 0.1) is 12.7 Å². The summed E-state index contributed by atoms with van der Waals surface area (Å²) >= 11 is 0. The second-order valence-electron chi connectivity index (χ2n) is 6.68. The molecule has 0 aromatic carbocycles. The highest BCUT2D eigenvalue weighted by molar-refractivity contribution is 5.68. The minimum absolute atomic E-state index is 0.0515. The number of carbonyl (C=O) groups is 1. The van der Waals surface area contributed by atoms with Crippen LogP contribution in [0, 0.1) is 5.92 Å². The van der Waals surface area contributed by atoms with Crippen LogP contribution in [0.4, 0.5) is 4.79 Å². The zero-order chi connectivity index (χ0) is 15.5. The van der Waals surface area contributed by atoms with Gasteiger partial charge in [-0.25, -0.2) is 4.79 Å². The highest BCUT2D eigenvalue weighted by Crippen LogP contribution is 2.22. The van der Waals surface area contributed by atoms with Gasteiger partial charge in [0, 0.05) is 30.9 Å². The molecule has 118 valence electrons. The zero-order valence-corrected chi connectivity index (χ0v) is 13.4. The van der Waals surface area contributed by atoms with E-state index in [4.69, 9.17) is 9.47 Å². The quantitative estimate of drug-likeness (QED) is 0.926. The van der Waals surface area contributed by atoms with Crippen molar-refractivity contribution >= 4 is 6.09 Å². The monoisotopic (exact) mass is 294 g/mol. The van der Waals surface area contributed by atoms with Crippen molar-refractivity contribution in [1.29, 1.82) is 0 Å². The van der Waals surface area contributed by atoms with Gasteiger partial charge in [-0.3, -0.25) is 0 Å². The molecule has 1 N–H and O–H groups in total. The first-order chi connectivity index (χ1) is 9.85. The molecule has 1 amide bonds. The second kappa shape index (κ2) is 6.52. The molecule has 1 saturated heterocycles. The van der Waals surface area contributed by atoms with Crippen molar-refractivity contribution in [3.63, 3.8) is 0 Å². The van der Waals surface area contributed by atoms with E-state index in [-0.39, 0.29) is 12.2 Å². The number of amides is 1.